The van der Waals surface area contributed by atoms with Crippen LogP contribution in [0, 0.1) is 18.8 Å². The molecule has 0 saturated carbocycles. The number of aliphatic hydroxyl groups excluding tert-OH is 1. The fourth-order valence-corrected chi connectivity index (χ4v) is 1.24. The van der Waals surface area contributed by atoms with Crippen LogP contribution in [-0.2, 0) is 11.2 Å². The molecule has 1 heterocycles. The Morgan fingerprint density at radius 1 is 1.53 bits per heavy atom. The van der Waals surface area contributed by atoms with Gasteiger partial charge in [0.25, 0.3) is 5.91 Å². The normalized spacial score (nSPS) is 11.2. The maximum absolute atomic E-state index is 11.2. The molecule has 0 bridgehead atoms. The quantitative estimate of drug-likeness (QED) is 0.708. The van der Waals surface area contributed by atoms with E-state index in [2.05, 4.69) is 27.1 Å². The minimum absolute atomic E-state index is 0.172. The summed E-state index contributed by atoms with van der Waals surface area (Å²) in [4.78, 5) is 19.4. The lowest BCUT2D eigenvalue weighted by atomic mass is 10.2. The van der Waals surface area contributed by atoms with Crippen LogP contribution >= 0.6 is 0 Å². The molecule has 0 aromatic carbocycles. The molecular weight excluding hydrogens is 218 g/mol. The van der Waals surface area contributed by atoms with Crippen LogP contribution in [0.3, 0.4) is 0 Å². The molecule has 0 aliphatic heterocycles. The second-order valence-corrected chi connectivity index (χ2v) is 3.61. The van der Waals surface area contributed by atoms with Crippen LogP contribution in [0.15, 0.2) is 12.4 Å². The van der Waals surface area contributed by atoms with E-state index in [1.165, 1.54) is 0 Å². The number of aliphatic hydroxyl groups is 1. The highest BCUT2D eigenvalue weighted by atomic mass is 16.3. The van der Waals surface area contributed by atoms with Gasteiger partial charge in [0.15, 0.2) is 0 Å². The number of hydrogen-bond acceptors (Lipinski definition) is 4. The third kappa shape index (κ3) is 4.62. The van der Waals surface area contributed by atoms with E-state index < -0.39 is 11.9 Å². The first-order valence-corrected chi connectivity index (χ1v) is 5.27. The predicted molar refractivity (Wildman–Crippen MR) is 62.9 cm³/mol. The van der Waals surface area contributed by atoms with E-state index in [4.69, 9.17) is 5.11 Å². The predicted octanol–water partition coefficient (Wildman–Crippen LogP) is -0.172. The molecule has 1 unspecified atom stereocenters. The number of aryl methyl sites for hydroxylation is 1. The SMILES string of the molecule is CC#CC(=O)NC(CO)Cc1ncc(C)cn1. The van der Waals surface area contributed by atoms with E-state index in [1.54, 1.807) is 19.3 Å². The largest absolute Gasteiger partial charge is 0.394 e. The van der Waals surface area contributed by atoms with E-state index in [9.17, 15) is 4.79 Å². The fraction of sp³-hybridized carbons (Fsp3) is 0.417. The topological polar surface area (TPSA) is 75.1 Å². The number of aromatic nitrogens is 2. The summed E-state index contributed by atoms with van der Waals surface area (Å²) < 4.78 is 0. The maximum atomic E-state index is 11.2. The van der Waals surface area contributed by atoms with Crippen molar-refractivity contribution < 1.29 is 9.90 Å². The van der Waals surface area contributed by atoms with Crippen molar-refractivity contribution in [3.05, 3.63) is 23.8 Å². The Morgan fingerprint density at radius 3 is 2.71 bits per heavy atom. The number of amides is 1. The van der Waals surface area contributed by atoms with Gasteiger partial charge in [-0.25, -0.2) is 9.97 Å². The van der Waals surface area contributed by atoms with Gasteiger partial charge < -0.3 is 10.4 Å². The first-order valence-electron chi connectivity index (χ1n) is 5.27. The van der Waals surface area contributed by atoms with Crippen LogP contribution in [0.25, 0.3) is 0 Å². The number of nitrogens with one attached hydrogen (secondary N) is 1. The highest BCUT2D eigenvalue weighted by Gasteiger charge is 2.12. The van der Waals surface area contributed by atoms with Gasteiger partial charge in [-0.2, -0.15) is 0 Å². The average molecular weight is 233 g/mol. The molecule has 0 aliphatic carbocycles. The lowest BCUT2D eigenvalue weighted by molar-refractivity contribution is -0.116. The summed E-state index contributed by atoms with van der Waals surface area (Å²) in [5.41, 5.74) is 0.968. The van der Waals surface area contributed by atoms with E-state index in [1.807, 2.05) is 6.92 Å². The lowest BCUT2D eigenvalue weighted by Crippen LogP contribution is -2.38. The highest BCUT2D eigenvalue weighted by Crippen LogP contribution is 1.98. The molecule has 1 aromatic rings. The van der Waals surface area contributed by atoms with Crippen LogP contribution in [0.2, 0.25) is 0 Å². The first kappa shape index (κ1) is 13.1. The molecule has 0 spiro atoms. The molecular formula is C12H15N3O2. The smallest absolute Gasteiger partial charge is 0.296 e. The summed E-state index contributed by atoms with van der Waals surface area (Å²) in [6, 6.07) is -0.411. The number of carbonyl (C=O) groups is 1. The molecule has 5 heteroatoms. The van der Waals surface area contributed by atoms with Gasteiger partial charge in [-0.05, 0) is 25.3 Å². The molecule has 1 amide bonds. The zero-order valence-corrected chi connectivity index (χ0v) is 9.90. The second-order valence-electron chi connectivity index (χ2n) is 3.61. The summed E-state index contributed by atoms with van der Waals surface area (Å²) >= 11 is 0. The fourth-order valence-electron chi connectivity index (χ4n) is 1.24. The van der Waals surface area contributed by atoms with Crippen LogP contribution in [-0.4, -0.2) is 33.6 Å². The van der Waals surface area contributed by atoms with Gasteiger partial charge in [0.2, 0.25) is 0 Å². The van der Waals surface area contributed by atoms with Crippen molar-refractivity contribution in [2.75, 3.05) is 6.61 Å². The monoisotopic (exact) mass is 233 g/mol. The van der Waals surface area contributed by atoms with Gasteiger partial charge in [0.05, 0.1) is 12.6 Å². The highest BCUT2D eigenvalue weighted by molar-refractivity contribution is 5.93. The Hall–Kier alpha value is -1.93. The molecule has 5 nitrogen and oxygen atoms in total. The first-order chi connectivity index (χ1) is 8.15. The average Bonchev–Trinajstić information content (AvgIpc) is 2.31. The van der Waals surface area contributed by atoms with Gasteiger partial charge in [-0.1, -0.05) is 5.92 Å². The summed E-state index contributed by atoms with van der Waals surface area (Å²) in [6.45, 7) is 3.30. The van der Waals surface area contributed by atoms with Crippen molar-refractivity contribution in [3.63, 3.8) is 0 Å². The zero-order chi connectivity index (χ0) is 12.7. The molecule has 0 saturated heterocycles. The van der Waals surface area contributed by atoms with Crippen molar-refractivity contribution in [1.82, 2.24) is 15.3 Å². The van der Waals surface area contributed by atoms with Crippen molar-refractivity contribution in [2.24, 2.45) is 0 Å². The molecule has 0 aliphatic rings. The Labute approximate surface area is 100 Å². The Bertz CT molecular complexity index is 431. The van der Waals surface area contributed by atoms with Crippen molar-refractivity contribution in [2.45, 2.75) is 26.3 Å². The van der Waals surface area contributed by atoms with Gasteiger partial charge >= 0.3 is 0 Å². The van der Waals surface area contributed by atoms with Crippen molar-refractivity contribution >= 4 is 5.91 Å². The van der Waals surface area contributed by atoms with E-state index in [-0.39, 0.29) is 6.61 Å². The summed E-state index contributed by atoms with van der Waals surface area (Å²) in [5.74, 6) is 5.03. The Balaban J connectivity index is 2.59. The van der Waals surface area contributed by atoms with Crippen LogP contribution in [0.5, 0.6) is 0 Å². The molecule has 17 heavy (non-hydrogen) atoms. The molecule has 1 aromatic heterocycles. The van der Waals surface area contributed by atoms with Gasteiger partial charge in [0, 0.05) is 18.8 Å². The number of carbonyl (C=O) groups excluding carboxylic acids is 1. The van der Waals surface area contributed by atoms with E-state index in [0.29, 0.717) is 12.2 Å². The third-order valence-corrected chi connectivity index (χ3v) is 2.06. The third-order valence-electron chi connectivity index (χ3n) is 2.06. The second kappa shape index (κ2) is 6.61. The minimum Gasteiger partial charge on any atom is -0.394 e. The van der Waals surface area contributed by atoms with Gasteiger partial charge in [-0.3, -0.25) is 4.79 Å². The minimum atomic E-state index is -0.411. The van der Waals surface area contributed by atoms with Crippen LogP contribution in [0.1, 0.15) is 18.3 Å². The molecule has 90 valence electrons. The molecule has 1 atom stereocenters. The van der Waals surface area contributed by atoms with E-state index >= 15 is 0 Å². The molecule has 0 fully saturated rings. The molecule has 1 rings (SSSR count). The zero-order valence-electron chi connectivity index (χ0n) is 9.90. The maximum Gasteiger partial charge on any atom is 0.296 e. The molecule has 0 radical (unpaired) electrons. The van der Waals surface area contributed by atoms with Crippen LogP contribution < -0.4 is 5.32 Å². The Morgan fingerprint density at radius 2 is 2.18 bits per heavy atom. The van der Waals surface area contributed by atoms with Gasteiger partial charge in [0.1, 0.15) is 5.82 Å². The van der Waals surface area contributed by atoms with Crippen molar-refractivity contribution in [1.29, 1.82) is 0 Å². The summed E-state index contributed by atoms with van der Waals surface area (Å²) in [6.07, 6.45) is 3.78. The van der Waals surface area contributed by atoms with Crippen LogP contribution in [0.4, 0.5) is 0 Å². The summed E-state index contributed by atoms with van der Waals surface area (Å²) in [7, 11) is 0. The standard InChI is InChI=1S/C12H15N3O2/c1-3-4-12(17)15-10(8-16)5-11-13-6-9(2)7-14-11/h6-7,10,16H,5,8H2,1-2H3,(H,15,17). The Kier molecular flexibility index (Phi) is 5.11. The lowest BCUT2D eigenvalue weighted by Gasteiger charge is -2.13. The number of rotatable bonds is 4. The number of hydrogen-bond donors (Lipinski definition) is 2. The van der Waals surface area contributed by atoms with Gasteiger partial charge in [-0.15, -0.1) is 0 Å². The molecule has 2 N–H and O–H groups in total. The number of nitrogens with zero attached hydrogens (tertiary/aromatic N) is 2. The van der Waals surface area contributed by atoms with E-state index in [0.717, 1.165) is 5.56 Å². The summed E-state index contributed by atoms with van der Waals surface area (Å²) in [5, 5.41) is 11.7. The van der Waals surface area contributed by atoms with Crippen molar-refractivity contribution in [3.8, 4) is 11.8 Å².